The van der Waals surface area contributed by atoms with Crippen LogP contribution in [-0.2, 0) is 7.05 Å². The first-order valence-corrected chi connectivity index (χ1v) is 6.80. The number of halogens is 2. The third kappa shape index (κ3) is 3.77. The van der Waals surface area contributed by atoms with E-state index in [0.717, 1.165) is 9.13 Å². The molecule has 1 heterocycles. The minimum atomic E-state index is -0.338. The first kappa shape index (κ1) is 14.0. The van der Waals surface area contributed by atoms with Crippen molar-refractivity contribution in [3.63, 3.8) is 0 Å². The Hall–Kier alpha value is -1.41. The Morgan fingerprint density at radius 2 is 2.16 bits per heavy atom. The minimum Gasteiger partial charge on any atom is -0.274 e. The van der Waals surface area contributed by atoms with Gasteiger partial charge in [-0.3, -0.25) is 9.48 Å². The van der Waals surface area contributed by atoms with Gasteiger partial charge in [-0.15, -0.1) is 0 Å². The Labute approximate surface area is 128 Å². The van der Waals surface area contributed by atoms with Crippen LogP contribution in [0.3, 0.4) is 0 Å². The molecule has 0 saturated carbocycles. The van der Waals surface area contributed by atoms with Crippen molar-refractivity contribution >= 4 is 46.3 Å². The zero-order chi connectivity index (χ0) is 13.8. The van der Waals surface area contributed by atoms with E-state index in [1.165, 1.54) is 0 Å². The number of hydrogen-bond acceptors (Lipinski definition) is 3. The Morgan fingerprint density at radius 1 is 1.47 bits per heavy atom. The maximum Gasteiger partial charge on any atom is 0.292 e. The summed E-state index contributed by atoms with van der Waals surface area (Å²) in [5.41, 5.74) is 3.64. The van der Waals surface area contributed by atoms with Crippen LogP contribution in [0.2, 0.25) is 5.02 Å². The van der Waals surface area contributed by atoms with Crippen LogP contribution in [0.1, 0.15) is 16.1 Å². The number of amides is 1. The molecular formula is C12H10ClIN4O. The Bertz CT molecular complexity index is 621. The molecule has 0 aliphatic carbocycles. The largest absolute Gasteiger partial charge is 0.292 e. The molecule has 1 aromatic heterocycles. The summed E-state index contributed by atoms with van der Waals surface area (Å²) in [7, 11) is 1.76. The number of carbonyl (C=O) groups excluding carboxylic acids is 1. The smallest absolute Gasteiger partial charge is 0.274 e. The van der Waals surface area contributed by atoms with Gasteiger partial charge >= 0.3 is 0 Å². The van der Waals surface area contributed by atoms with E-state index in [9.17, 15) is 4.79 Å². The Balaban J connectivity index is 2.00. The number of nitrogens with one attached hydrogen (secondary N) is 1. The summed E-state index contributed by atoms with van der Waals surface area (Å²) >= 11 is 7.82. The maximum absolute atomic E-state index is 11.8. The predicted molar refractivity (Wildman–Crippen MR) is 82.4 cm³/mol. The van der Waals surface area contributed by atoms with E-state index >= 15 is 0 Å². The van der Waals surface area contributed by atoms with Crippen molar-refractivity contribution in [3.8, 4) is 0 Å². The molecule has 7 heteroatoms. The minimum absolute atomic E-state index is 0.338. The van der Waals surface area contributed by atoms with Gasteiger partial charge in [-0.2, -0.15) is 10.2 Å². The van der Waals surface area contributed by atoms with E-state index in [1.54, 1.807) is 36.3 Å². The molecule has 0 unspecified atom stereocenters. The van der Waals surface area contributed by atoms with Crippen molar-refractivity contribution in [2.24, 2.45) is 12.1 Å². The van der Waals surface area contributed by atoms with Gasteiger partial charge < -0.3 is 0 Å². The highest BCUT2D eigenvalue weighted by atomic mass is 127. The predicted octanol–water partition coefficient (Wildman–Crippen LogP) is 2.44. The van der Waals surface area contributed by atoms with Crippen molar-refractivity contribution in [2.75, 3.05) is 0 Å². The molecule has 1 N–H and O–H groups in total. The molecule has 1 aromatic carbocycles. The average Bonchev–Trinajstić information content (AvgIpc) is 2.71. The molecule has 5 nitrogen and oxygen atoms in total. The number of nitrogens with zero attached hydrogens (tertiary/aromatic N) is 3. The third-order valence-electron chi connectivity index (χ3n) is 2.25. The molecule has 19 heavy (non-hydrogen) atoms. The van der Waals surface area contributed by atoms with Gasteiger partial charge in [0.25, 0.3) is 5.91 Å². The molecule has 2 rings (SSSR count). The van der Waals surface area contributed by atoms with Crippen molar-refractivity contribution in [3.05, 3.63) is 50.3 Å². The molecule has 0 atom stereocenters. The van der Waals surface area contributed by atoms with Gasteiger partial charge in [-0.1, -0.05) is 23.7 Å². The Morgan fingerprint density at radius 3 is 2.74 bits per heavy atom. The van der Waals surface area contributed by atoms with Crippen molar-refractivity contribution < 1.29 is 4.79 Å². The van der Waals surface area contributed by atoms with Crippen LogP contribution in [0.4, 0.5) is 0 Å². The zero-order valence-corrected chi connectivity index (χ0v) is 12.9. The summed E-state index contributed by atoms with van der Waals surface area (Å²) in [6, 6.07) is 7.13. The average molecular weight is 389 g/mol. The van der Waals surface area contributed by atoms with E-state index in [0.29, 0.717) is 10.7 Å². The lowest BCUT2D eigenvalue weighted by Crippen LogP contribution is -2.19. The molecule has 0 aliphatic heterocycles. The highest BCUT2D eigenvalue weighted by Gasteiger charge is 2.13. The van der Waals surface area contributed by atoms with Crippen LogP contribution >= 0.6 is 34.2 Å². The molecule has 2 aromatic rings. The van der Waals surface area contributed by atoms with E-state index in [1.807, 2.05) is 12.1 Å². The topological polar surface area (TPSA) is 59.3 Å². The summed E-state index contributed by atoms with van der Waals surface area (Å²) in [5, 5.41) is 8.59. The molecule has 98 valence electrons. The third-order valence-corrected chi connectivity index (χ3v) is 3.29. The van der Waals surface area contributed by atoms with Crippen LogP contribution in [0, 0.1) is 3.57 Å². The molecule has 0 saturated heterocycles. The fourth-order valence-corrected chi connectivity index (χ4v) is 2.26. The highest BCUT2D eigenvalue weighted by Crippen LogP contribution is 2.09. The summed E-state index contributed by atoms with van der Waals surface area (Å²) in [5.74, 6) is -0.338. The van der Waals surface area contributed by atoms with Crippen LogP contribution in [0.5, 0.6) is 0 Å². The summed E-state index contributed by atoms with van der Waals surface area (Å²) in [6.07, 6.45) is 3.31. The number of hydrazone groups is 1. The first-order chi connectivity index (χ1) is 9.06. The zero-order valence-electron chi connectivity index (χ0n) is 9.97. The van der Waals surface area contributed by atoms with Crippen molar-refractivity contribution in [1.29, 1.82) is 0 Å². The van der Waals surface area contributed by atoms with Gasteiger partial charge in [0, 0.05) is 18.3 Å². The monoisotopic (exact) mass is 388 g/mol. The molecule has 0 fully saturated rings. The van der Waals surface area contributed by atoms with Gasteiger partial charge in [-0.05, 0) is 40.3 Å². The first-order valence-electron chi connectivity index (χ1n) is 5.34. The van der Waals surface area contributed by atoms with E-state index < -0.39 is 0 Å². The summed E-state index contributed by atoms with van der Waals surface area (Å²) < 4.78 is 2.36. The van der Waals surface area contributed by atoms with Gasteiger partial charge in [-0.25, -0.2) is 5.43 Å². The second kappa shape index (κ2) is 6.16. The van der Waals surface area contributed by atoms with E-state index in [2.05, 4.69) is 38.2 Å². The summed E-state index contributed by atoms with van der Waals surface area (Å²) in [4.78, 5) is 11.8. The van der Waals surface area contributed by atoms with Gasteiger partial charge in [0.05, 0.1) is 9.78 Å². The lowest BCUT2D eigenvalue weighted by atomic mass is 10.2. The summed E-state index contributed by atoms with van der Waals surface area (Å²) in [6.45, 7) is 0. The van der Waals surface area contributed by atoms with E-state index in [4.69, 9.17) is 11.6 Å². The lowest BCUT2D eigenvalue weighted by molar-refractivity contribution is 0.0948. The van der Waals surface area contributed by atoms with E-state index in [-0.39, 0.29) is 5.91 Å². The molecule has 0 aliphatic rings. The number of hydrogen-bond donors (Lipinski definition) is 1. The van der Waals surface area contributed by atoms with Crippen molar-refractivity contribution in [1.82, 2.24) is 15.2 Å². The number of rotatable bonds is 3. The fraction of sp³-hybridized carbons (Fsp3) is 0.0833. The van der Waals surface area contributed by atoms with Crippen LogP contribution in [0.25, 0.3) is 0 Å². The van der Waals surface area contributed by atoms with Crippen molar-refractivity contribution in [2.45, 2.75) is 0 Å². The SMILES string of the molecule is Cn1cc(I)c(C(=O)NN=Cc2ccc(Cl)cc2)n1. The van der Waals surface area contributed by atoms with Crippen LogP contribution in [-0.4, -0.2) is 21.9 Å². The molecule has 0 spiro atoms. The number of aromatic nitrogens is 2. The normalized spacial score (nSPS) is 10.9. The second-order valence-electron chi connectivity index (χ2n) is 3.75. The van der Waals surface area contributed by atoms with Crippen LogP contribution < -0.4 is 5.43 Å². The highest BCUT2D eigenvalue weighted by molar-refractivity contribution is 14.1. The number of aryl methyl sites for hydroxylation is 1. The lowest BCUT2D eigenvalue weighted by Gasteiger charge is -1.96. The second-order valence-corrected chi connectivity index (χ2v) is 5.35. The van der Waals surface area contributed by atoms with Crippen LogP contribution in [0.15, 0.2) is 35.6 Å². The molecule has 0 bridgehead atoms. The molecule has 1 amide bonds. The molecular weight excluding hydrogens is 379 g/mol. The van der Waals surface area contributed by atoms with Gasteiger partial charge in [0.2, 0.25) is 0 Å². The maximum atomic E-state index is 11.8. The van der Waals surface area contributed by atoms with Gasteiger partial charge in [0.1, 0.15) is 0 Å². The molecule has 0 radical (unpaired) electrons. The fourth-order valence-electron chi connectivity index (χ4n) is 1.38. The Kier molecular flexibility index (Phi) is 4.54. The number of benzene rings is 1. The quantitative estimate of drug-likeness (QED) is 0.499. The standard InChI is InChI=1S/C12H10ClIN4O/c1-18-7-10(14)11(17-18)12(19)16-15-6-8-2-4-9(13)5-3-8/h2-7H,1H3,(H,16,19). The number of carbonyl (C=O) groups is 1. The van der Waals surface area contributed by atoms with Gasteiger partial charge in [0.15, 0.2) is 5.69 Å².